The summed E-state index contributed by atoms with van der Waals surface area (Å²) >= 11 is 0. The van der Waals surface area contributed by atoms with Crippen molar-refractivity contribution in [2.24, 2.45) is 10.2 Å². The molecule has 0 aliphatic rings. The number of fused-ring (bicyclic) bond motifs is 1. The predicted molar refractivity (Wildman–Crippen MR) is 90.8 cm³/mol. The van der Waals surface area contributed by atoms with Crippen LogP contribution in [0.15, 0.2) is 69.7 Å². The second-order valence-electron chi connectivity index (χ2n) is 5.22. The first-order valence-electron chi connectivity index (χ1n) is 7.14. The van der Waals surface area contributed by atoms with Gasteiger partial charge in [0.1, 0.15) is 15.9 Å². The lowest BCUT2D eigenvalue weighted by atomic mass is 10.1. The molecule has 0 spiro atoms. The fourth-order valence-electron chi connectivity index (χ4n) is 2.34. The molecular weight excluding hydrogens is 362 g/mol. The third-order valence-electron chi connectivity index (χ3n) is 3.56. The molecule has 26 heavy (non-hydrogen) atoms. The van der Waals surface area contributed by atoms with Crippen LogP contribution in [0, 0.1) is 10.1 Å². The first-order valence-corrected chi connectivity index (χ1v) is 8.55. The Hall–Kier alpha value is -3.37. The molecule has 10 heteroatoms. The lowest BCUT2D eigenvalue weighted by molar-refractivity contribution is -0.384. The molecular formula is C16H10N3O6S-. The minimum Gasteiger partial charge on any atom is -0.744 e. The van der Waals surface area contributed by atoms with E-state index < -0.39 is 25.7 Å². The average molecular weight is 372 g/mol. The van der Waals surface area contributed by atoms with Gasteiger partial charge < -0.3 is 9.66 Å². The van der Waals surface area contributed by atoms with Crippen molar-refractivity contribution < 1.29 is 23.0 Å². The van der Waals surface area contributed by atoms with Crippen LogP contribution in [-0.4, -0.2) is 23.0 Å². The van der Waals surface area contributed by atoms with Crippen molar-refractivity contribution in [1.29, 1.82) is 0 Å². The number of hydrogen-bond acceptors (Lipinski definition) is 8. The van der Waals surface area contributed by atoms with Crippen LogP contribution in [0.2, 0.25) is 0 Å². The normalized spacial score (nSPS) is 11.9. The maximum Gasteiger partial charge on any atom is 0.269 e. The standard InChI is InChI=1S/C16H11N3O6S/c20-16-13-4-2-1-3-12(13)14(9-15(16)26(23,24)25)18-17-10-5-7-11(8-6-10)19(21)22/h1-9,20H,(H,23,24,25)/p-1. The van der Waals surface area contributed by atoms with Crippen LogP contribution >= 0.6 is 0 Å². The van der Waals surface area contributed by atoms with Crippen LogP contribution < -0.4 is 0 Å². The molecule has 132 valence electrons. The Labute approximate surface area is 147 Å². The Morgan fingerprint density at radius 2 is 1.58 bits per heavy atom. The van der Waals surface area contributed by atoms with Gasteiger partial charge in [0, 0.05) is 22.9 Å². The van der Waals surface area contributed by atoms with E-state index in [0.29, 0.717) is 11.1 Å². The number of hydrogen-bond donors (Lipinski definition) is 1. The number of non-ortho nitro benzene ring substituents is 1. The molecule has 0 fully saturated rings. The monoisotopic (exact) mass is 372 g/mol. The van der Waals surface area contributed by atoms with Crippen LogP contribution in [0.3, 0.4) is 0 Å². The van der Waals surface area contributed by atoms with Crippen LogP contribution in [0.1, 0.15) is 0 Å². The van der Waals surface area contributed by atoms with Gasteiger partial charge in [-0.1, -0.05) is 24.3 Å². The van der Waals surface area contributed by atoms with E-state index in [9.17, 15) is 28.2 Å². The van der Waals surface area contributed by atoms with Gasteiger partial charge >= 0.3 is 0 Å². The zero-order chi connectivity index (χ0) is 18.9. The summed E-state index contributed by atoms with van der Waals surface area (Å²) in [5.41, 5.74) is 0.240. The van der Waals surface area contributed by atoms with Gasteiger partial charge in [-0.25, -0.2) is 8.42 Å². The Morgan fingerprint density at radius 1 is 0.962 bits per heavy atom. The van der Waals surface area contributed by atoms with Crippen molar-refractivity contribution in [2.45, 2.75) is 4.90 Å². The number of nitrogens with zero attached hydrogens (tertiary/aromatic N) is 3. The highest BCUT2D eigenvalue weighted by atomic mass is 32.2. The van der Waals surface area contributed by atoms with E-state index in [-0.39, 0.29) is 16.8 Å². The second kappa shape index (κ2) is 6.50. The van der Waals surface area contributed by atoms with Gasteiger partial charge in [0.25, 0.3) is 5.69 Å². The van der Waals surface area contributed by atoms with Gasteiger partial charge in [-0.05, 0) is 18.2 Å². The number of azo groups is 1. The Kier molecular flexibility index (Phi) is 4.36. The van der Waals surface area contributed by atoms with Gasteiger partial charge in [0.05, 0.1) is 21.2 Å². The molecule has 0 aliphatic heterocycles. The number of nitro groups is 1. The maximum absolute atomic E-state index is 11.4. The molecule has 0 heterocycles. The number of nitro benzene ring substituents is 1. The molecule has 0 aromatic heterocycles. The lowest BCUT2D eigenvalue weighted by Crippen LogP contribution is -1.99. The first kappa shape index (κ1) is 17.5. The molecule has 0 unspecified atom stereocenters. The molecule has 3 aromatic carbocycles. The Balaban J connectivity index is 2.12. The summed E-state index contributed by atoms with van der Waals surface area (Å²) in [4.78, 5) is 9.29. The van der Waals surface area contributed by atoms with E-state index in [1.54, 1.807) is 18.2 Å². The van der Waals surface area contributed by atoms with Crippen LogP contribution in [0.5, 0.6) is 5.75 Å². The zero-order valence-corrected chi connectivity index (χ0v) is 13.8. The molecule has 9 nitrogen and oxygen atoms in total. The summed E-state index contributed by atoms with van der Waals surface area (Å²) in [6.07, 6.45) is 0. The molecule has 0 atom stereocenters. The van der Waals surface area contributed by atoms with Gasteiger partial charge in [0.2, 0.25) is 0 Å². The smallest absolute Gasteiger partial charge is 0.269 e. The van der Waals surface area contributed by atoms with E-state index in [1.807, 2.05) is 0 Å². The molecule has 0 aliphatic carbocycles. The minimum absolute atomic E-state index is 0.0613. The van der Waals surface area contributed by atoms with Gasteiger partial charge in [-0.3, -0.25) is 10.1 Å². The summed E-state index contributed by atoms with van der Waals surface area (Å²) in [6, 6.07) is 12.4. The SMILES string of the molecule is O=[N+]([O-])c1ccc(N=Nc2cc(S(=O)(=O)[O-])c(O)c3ccccc23)cc1. The van der Waals surface area contributed by atoms with Crippen molar-refractivity contribution in [1.82, 2.24) is 0 Å². The second-order valence-corrected chi connectivity index (χ2v) is 6.56. The molecule has 0 amide bonds. The van der Waals surface area contributed by atoms with Gasteiger partial charge in [-0.15, -0.1) is 5.11 Å². The summed E-state index contributed by atoms with van der Waals surface area (Å²) in [5.74, 6) is -0.648. The van der Waals surface area contributed by atoms with E-state index in [0.717, 1.165) is 6.07 Å². The molecule has 0 bridgehead atoms. The number of aromatic hydroxyl groups is 1. The van der Waals surface area contributed by atoms with E-state index in [2.05, 4.69) is 10.2 Å². The van der Waals surface area contributed by atoms with E-state index >= 15 is 0 Å². The van der Waals surface area contributed by atoms with Crippen molar-refractivity contribution >= 4 is 38.0 Å². The van der Waals surface area contributed by atoms with Crippen molar-refractivity contribution in [3.8, 4) is 5.75 Å². The largest absolute Gasteiger partial charge is 0.744 e. The summed E-state index contributed by atoms with van der Waals surface area (Å²) in [6.45, 7) is 0. The van der Waals surface area contributed by atoms with Gasteiger partial charge in [0.15, 0.2) is 0 Å². The summed E-state index contributed by atoms with van der Waals surface area (Å²) in [7, 11) is -4.92. The number of rotatable bonds is 4. The molecule has 1 N–H and O–H groups in total. The zero-order valence-electron chi connectivity index (χ0n) is 12.9. The maximum atomic E-state index is 11.4. The number of phenols is 1. The van der Waals surface area contributed by atoms with Crippen molar-refractivity contribution in [3.05, 3.63) is 64.7 Å². The van der Waals surface area contributed by atoms with E-state index in [1.165, 1.54) is 30.3 Å². The molecule has 0 saturated heterocycles. The number of benzene rings is 3. The third kappa shape index (κ3) is 3.36. The molecule has 0 radical (unpaired) electrons. The van der Waals surface area contributed by atoms with Crippen LogP contribution in [-0.2, 0) is 10.1 Å². The summed E-state index contributed by atoms with van der Waals surface area (Å²) < 4.78 is 34.1. The highest BCUT2D eigenvalue weighted by Gasteiger charge is 2.15. The quantitative estimate of drug-likeness (QED) is 0.319. The number of phenolic OH excluding ortho intramolecular Hbond substituents is 1. The third-order valence-corrected chi connectivity index (χ3v) is 4.41. The van der Waals surface area contributed by atoms with Crippen LogP contribution in [0.4, 0.5) is 17.1 Å². The molecule has 3 aromatic rings. The highest BCUT2D eigenvalue weighted by Crippen LogP contribution is 2.38. The van der Waals surface area contributed by atoms with Crippen molar-refractivity contribution in [3.63, 3.8) is 0 Å². The Bertz CT molecular complexity index is 1140. The minimum atomic E-state index is -4.92. The predicted octanol–water partition coefficient (Wildman–Crippen LogP) is 3.77. The topological polar surface area (TPSA) is 145 Å². The Morgan fingerprint density at radius 3 is 2.15 bits per heavy atom. The first-order chi connectivity index (χ1) is 12.3. The highest BCUT2D eigenvalue weighted by molar-refractivity contribution is 7.85. The lowest BCUT2D eigenvalue weighted by Gasteiger charge is -2.12. The summed E-state index contributed by atoms with van der Waals surface area (Å²) in [5, 5.41) is 29.1. The average Bonchev–Trinajstić information content (AvgIpc) is 2.60. The van der Waals surface area contributed by atoms with Crippen LogP contribution in [0.25, 0.3) is 10.8 Å². The fourth-order valence-corrected chi connectivity index (χ4v) is 2.94. The molecule has 0 saturated carbocycles. The van der Waals surface area contributed by atoms with Gasteiger partial charge in [-0.2, -0.15) is 5.11 Å². The van der Waals surface area contributed by atoms with E-state index in [4.69, 9.17) is 0 Å². The fraction of sp³-hybridized carbons (Fsp3) is 0. The van der Waals surface area contributed by atoms with Crippen molar-refractivity contribution in [2.75, 3.05) is 0 Å². The molecule has 3 rings (SSSR count).